The van der Waals surface area contributed by atoms with Gasteiger partial charge in [0.1, 0.15) is 0 Å². The molecule has 3 rings (SSSR count). The van der Waals surface area contributed by atoms with E-state index < -0.39 is 0 Å². The molecule has 1 spiro atoms. The summed E-state index contributed by atoms with van der Waals surface area (Å²) in [5.74, 6) is -0.280. The van der Waals surface area contributed by atoms with Gasteiger partial charge in [0.2, 0.25) is 0 Å². The minimum absolute atomic E-state index is 0.280. The van der Waals surface area contributed by atoms with Gasteiger partial charge in [0.05, 0.1) is 13.2 Å². The van der Waals surface area contributed by atoms with Gasteiger partial charge in [-0.15, -0.1) is 0 Å². The van der Waals surface area contributed by atoms with Gasteiger partial charge >= 0.3 is 0 Å². The molecule has 3 fully saturated rings. The highest BCUT2D eigenvalue weighted by Gasteiger charge is 2.47. The smallest absolute Gasteiger partial charge is 0.170 e. The molecule has 21 heavy (non-hydrogen) atoms. The predicted octanol–water partition coefficient (Wildman–Crippen LogP) is 2.38. The van der Waals surface area contributed by atoms with E-state index in [0.717, 1.165) is 39.0 Å². The van der Waals surface area contributed by atoms with Crippen molar-refractivity contribution >= 4 is 0 Å². The summed E-state index contributed by atoms with van der Waals surface area (Å²) >= 11 is 0. The molecule has 4 heteroatoms. The standard InChI is InChI=1S/C17H32N2O2/c1-4-18-14-6-8-17(20-10-11-21-17)12-15(14)19-9-5-7-16(2,3)13-19/h14-15,18H,4-13H2,1-3H3. The van der Waals surface area contributed by atoms with Crippen molar-refractivity contribution in [2.24, 2.45) is 5.41 Å². The maximum atomic E-state index is 6.00. The number of hydrogen-bond acceptors (Lipinski definition) is 4. The van der Waals surface area contributed by atoms with Crippen LogP contribution in [-0.4, -0.2) is 55.6 Å². The predicted molar refractivity (Wildman–Crippen MR) is 84.3 cm³/mol. The van der Waals surface area contributed by atoms with Gasteiger partial charge in [-0.05, 0) is 37.8 Å². The lowest BCUT2D eigenvalue weighted by Gasteiger charge is -2.50. The molecule has 3 aliphatic rings. The van der Waals surface area contributed by atoms with Crippen molar-refractivity contribution in [2.45, 2.75) is 70.7 Å². The lowest BCUT2D eigenvalue weighted by atomic mass is 9.79. The highest BCUT2D eigenvalue weighted by atomic mass is 16.7. The molecule has 0 aromatic carbocycles. The summed E-state index contributed by atoms with van der Waals surface area (Å²) in [4.78, 5) is 2.71. The minimum atomic E-state index is -0.280. The molecular weight excluding hydrogens is 264 g/mol. The van der Waals surface area contributed by atoms with Crippen molar-refractivity contribution in [3.8, 4) is 0 Å². The van der Waals surface area contributed by atoms with Crippen LogP contribution in [0.15, 0.2) is 0 Å². The van der Waals surface area contributed by atoms with Crippen molar-refractivity contribution in [3.05, 3.63) is 0 Å². The van der Waals surface area contributed by atoms with Crippen LogP contribution in [0.5, 0.6) is 0 Å². The average Bonchev–Trinajstić information content (AvgIpc) is 2.88. The monoisotopic (exact) mass is 296 g/mol. The van der Waals surface area contributed by atoms with Crippen molar-refractivity contribution in [1.82, 2.24) is 10.2 Å². The van der Waals surface area contributed by atoms with E-state index in [9.17, 15) is 0 Å². The van der Waals surface area contributed by atoms with E-state index >= 15 is 0 Å². The summed E-state index contributed by atoms with van der Waals surface area (Å²) in [5, 5.41) is 3.71. The largest absolute Gasteiger partial charge is 0.347 e. The second-order valence-corrected chi connectivity index (χ2v) is 7.82. The van der Waals surface area contributed by atoms with Crippen LogP contribution in [0.1, 0.15) is 52.9 Å². The van der Waals surface area contributed by atoms with E-state index in [1.807, 2.05) is 0 Å². The molecule has 0 amide bonds. The third kappa shape index (κ3) is 3.44. The first-order chi connectivity index (χ1) is 10.0. The first-order valence-electron chi connectivity index (χ1n) is 8.79. The van der Waals surface area contributed by atoms with Crippen LogP contribution in [0.2, 0.25) is 0 Å². The molecule has 122 valence electrons. The number of hydrogen-bond donors (Lipinski definition) is 1. The Hall–Kier alpha value is -0.160. The molecule has 2 aliphatic heterocycles. The van der Waals surface area contributed by atoms with Gasteiger partial charge in [-0.2, -0.15) is 0 Å². The SMILES string of the molecule is CCNC1CCC2(CC1N1CCCC(C)(C)C1)OCCO2. The Morgan fingerprint density at radius 1 is 1.19 bits per heavy atom. The lowest BCUT2D eigenvalue weighted by molar-refractivity contribution is -0.195. The van der Waals surface area contributed by atoms with E-state index in [2.05, 4.69) is 31.0 Å². The maximum Gasteiger partial charge on any atom is 0.170 e. The fourth-order valence-electron chi connectivity index (χ4n) is 4.53. The number of piperidine rings is 1. The number of nitrogens with zero attached hydrogens (tertiary/aromatic N) is 1. The van der Waals surface area contributed by atoms with Gasteiger partial charge in [0, 0.05) is 31.5 Å². The van der Waals surface area contributed by atoms with Crippen LogP contribution in [0.4, 0.5) is 0 Å². The first kappa shape index (κ1) is 15.7. The van der Waals surface area contributed by atoms with Crippen molar-refractivity contribution in [2.75, 3.05) is 32.8 Å². The van der Waals surface area contributed by atoms with Gasteiger partial charge in [-0.3, -0.25) is 4.90 Å². The summed E-state index contributed by atoms with van der Waals surface area (Å²) in [5.41, 5.74) is 0.441. The van der Waals surface area contributed by atoms with E-state index in [-0.39, 0.29) is 5.79 Å². The van der Waals surface area contributed by atoms with E-state index in [4.69, 9.17) is 9.47 Å². The highest BCUT2D eigenvalue weighted by Crippen LogP contribution is 2.40. The first-order valence-corrected chi connectivity index (χ1v) is 8.79. The quantitative estimate of drug-likeness (QED) is 0.867. The number of likely N-dealkylation sites (N-methyl/N-ethyl adjacent to an activating group) is 1. The Labute approximate surface area is 129 Å². The van der Waals surface area contributed by atoms with Crippen LogP contribution in [0, 0.1) is 5.41 Å². The Kier molecular flexibility index (Phi) is 4.60. The zero-order chi connectivity index (χ0) is 14.9. The number of ether oxygens (including phenoxy) is 2. The van der Waals surface area contributed by atoms with Crippen LogP contribution in [0.3, 0.4) is 0 Å². The fourth-order valence-corrected chi connectivity index (χ4v) is 4.53. The molecule has 1 aliphatic carbocycles. The third-order valence-electron chi connectivity index (χ3n) is 5.50. The topological polar surface area (TPSA) is 33.7 Å². The van der Waals surface area contributed by atoms with E-state index in [1.165, 1.54) is 25.9 Å². The molecule has 2 saturated heterocycles. The summed E-state index contributed by atoms with van der Waals surface area (Å²) < 4.78 is 12.0. The molecule has 0 aromatic rings. The Morgan fingerprint density at radius 2 is 1.95 bits per heavy atom. The van der Waals surface area contributed by atoms with Crippen LogP contribution in [0.25, 0.3) is 0 Å². The van der Waals surface area contributed by atoms with Gasteiger partial charge in [-0.1, -0.05) is 20.8 Å². The molecule has 1 N–H and O–H groups in total. The summed E-state index contributed by atoms with van der Waals surface area (Å²) in [6.07, 6.45) is 5.89. The number of nitrogens with one attached hydrogen (secondary N) is 1. The average molecular weight is 296 g/mol. The van der Waals surface area contributed by atoms with Crippen molar-refractivity contribution < 1.29 is 9.47 Å². The van der Waals surface area contributed by atoms with E-state index in [0.29, 0.717) is 17.5 Å². The summed E-state index contributed by atoms with van der Waals surface area (Å²) in [6, 6.07) is 1.14. The zero-order valence-electron chi connectivity index (χ0n) is 14.0. The van der Waals surface area contributed by atoms with Gasteiger partial charge in [0.25, 0.3) is 0 Å². The maximum absolute atomic E-state index is 6.00. The Morgan fingerprint density at radius 3 is 2.62 bits per heavy atom. The lowest BCUT2D eigenvalue weighted by Crippen LogP contribution is -2.60. The van der Waals surface area contributed by atoms with Gasteiger partial charge < -0.3 is 14.8 Å². The number of rotatable bonds is 3. The number of likely N-dealkylation sites (tertiary alicyclic amines) is 1. The molecule has 2 atom stereocenters. The minimum Gasteiger partial charge on any atom is -0.347 e. The molecule has 2 heterocycles. The molecule has 1 saturated carbocycles. The normalized spacial score (nSPS) is 36.1. The molecule has 4 nitrogen and oxygen atoms in total. The molecule has 0 bridgehead atoms. The van der Waals surface area contributed by atoms with Crippen molar-refractivity contribution in [1.29, 1.82) is 0 Å². The molecular formula is C17H32N2O2. The Bertz CT molecular complexity index is 353. The van der Waals surface area contributed by atoms with Gasteiger partial charge in [-0.25, -0.2) is 0 Å². The summed E-state index contributed by atoms with van der Waals surface area (Å²) in [6.45, 7) is 12.0. The second kappa shape index (κ2) is 6.15. The van der Waals surface area contributed by atoms with Crippen LogP contribution >= 0.6 is 0 Å². The fraction of sp³-hybridized carbons (Fsp3) is 1.00. The molecule has 0 radical (unpaired) electrons. The summed E-state index contributed by atoms with van der Waals surface area (Å²) in [7, 11) is 0. The van der Waals surface area contributed by atoms with E-state index in [1.54, 1.807) is 0 Å². The van der Waals surface area contributed by atoms with Crippen LogP contribution in [-0.2, 0) is 9.47 Å². The van der Waals surface area contributed by atoms with Crippen LogP contribution < -0.4 is 5.32 Å². The van der Waals surface area contributed by atoms with Gasteiger partial charge in [0.15, 0.2) is 5.79 Å². The van der Waals surface area contributed by atoms with Crippen molar-refractivity contribution in [3.63, 3.8) is 0 Å². The Balaban J connectivity index is 1.73. The highest BCUT2D eigenvalue weighted by molar-refractivity contribution is 4.98. The molecule has 0 aromatic heterocycles. The molecule has 2 unspecified atom stereocenters. The zero-order valence-corrected chi connectivity index (χ0v) is 14.0. The third-order valence-corrected chi connectivity index (χ3v) is 5.50. The second-order valence-electron chi connectivity index (χ2n) is 7.82.